The minimum Gasteiger partial charge on any atom is -0.465 e. The summed E-state index contributed by atoms with van der Waals surface area (Å²) in [7, 11) is 0. The molecule has 0 aromatic heterocycles. The normalized spacial score (nSPS) is 42.5. The van der Waals surface area contributed by atoms with E-state index in [1.807, 2.05) is 6.92 Å². The highest BCUT2D eigenvalue weighted by Crippen LogP contribution is 2.48. The number of ketones is 1. The highest BCUT2D eigenvalue weighted by Gasteiger charge is 2.57. The molecule has 1 aliphatic heterocycles. The largest absolute Gasteiger partial charge is 0.465 e. The van der Waals surface area contributed by atoms with Crippen LogP contribution in [0.2, 0.25) is 0 Å². The number of rotatable bonds is 0. The summed E-state index contributed by atoms with van der Waals surface area (Å²) >= 11 is 0. The first-order valence-corrected chi connectivity index (χ1v) is 3.84. The van der Waals surface area contributed by atoms with Crippen molar-refractivity contribution in [1.29, 1.82) is 0 Å². The summed E-state index contributed by atoms with van der Waals surface area (Å²) < 4.78 is 4.83. The van der Waals surface area contributed by atoms with Gasteiger partial charge in [0.1, 0.15) is 5.78 Å². The molecule has 0 N–H and O–H groups in total. The van der Waals surface area contributed by atoms with Crippen LogP contribution in [0.3, 0.4) is 0 Å². The number of ether oxygens (including phenoxy) is 1. The Kier molecular flexibility index (Phi) is 1.14. The predicted molar refractivity (Wildman–Crippen MR) is 36.8 cm³/mol. The summed E-state index contributed by atoms with van der Waals surface area (Å²) in [5.74, 6) is -0.0961. The van der Waals surface area contributed by atoms with Crippen molar-refractivity contribution in [3.05, 3.63) is 0 Å². The minimum atomic E-state index is -0.366. The van der Waals surface area contributed by atoms with Crippen LogP contribution in [-0.2, 0) is 14.3 Å². The molecular formula is C8H10O3. The van der Waals surface area contributed by atoms with Crippen LogP contribution in [0.5, 0.6) is 0 Å². The summed E-state index contributed by atoms with van der Waals surface area (Å²) in [5, 5.41) is 0. The van der Waals surface area contributed by atoms with Gasteiger partial charge in [0.15, 0.2) is 0 Å². The van der Waals surface area contributed by atoms with Crippen LogP contribution in [0.1, 0.15) is 19.8 Å². The molecule has 2 rings (SSSR count). The molecule has 0 amide bonds. The second-order valence-corrected chi connectivity index (χ2v) is 3.51. The average Bonchev–Trinajstić information content (AvgIpc) is 1.97. The number of cyclic esters (lactones) is 1. The van der Waals surface area contributed by atoms with Gasteiger partial charge in [-0.2, -0.15) is 0 Å². The van der Waals surface area contributed by atoms with Crippen molar-refractivity contribution >= 4 is 11.8 Å². The van der Waals surface area contributed by atoms with Crippen LogP contribution >= 0.6 is 0 Å². The lowest BCUT2D eigenvalue weighted by molar-refractivity contribution is -0.179. The molecule has 0 bridgehead atoms. The Labute approximate surface area is 64.7 Å². The van der Waals surface area contributed by atoms with Gasteiger partial charge in [0.05, 0.1) is 12.5 Å². The van der Waals surface area contributed by atoms with E-state index in [2.05, 4.69) is 0 Å². The van der Waals surface area contributed by atoms with Crippen LogP contribution < -0.4 is 0 Å². The predicted octanol–water partition coefficient (Wildman–Crippen LogP) is 0.529. The Morgan fingerprint density at radius 2 is 2.27 bits per heavy atom. The first kappa shape index (κ1) is 6.83. The van der Waals surface area contributed by atoms with E-state index in [1.54, 1.807) is 0 Å². The fraction of sp³-hybridized carbons (Fsp3) is 0.750. The van der Waals surface area contributed by atoms with E-state index in [0.29, 0.717) is 19.4 Å². The fourth-order valence-electron chi connectivity index (χ4n) is 1.83. The SMILES string of the molecule is C[C@]12CCOC(=O)[C@H]1CC2=O. The van der Waals surface area contributed by atoms with Gasteiger partial charge in [-0.25, -0.2) is 0 Å². The molecule has 0 aromatic rings. The van der Waals surface area contributed by atoms with Crippen LogP contribution in [-0.4, -0.2) is 18.4 Å². The van der Waals surface area contributed by atoms with Crippen LogP contribution in [0.25, 0.3) is 0 Å². The van der Waals surface area contributed by atoms with Crippen molar-refractivity contribution < 1.29 is 14.3 Å². The molecule has 1 heterocycles. The van der Waals surface area contributed by atoms with E-state index < -0.39 is 0 Å². The highest BCUT2D eigenvalue weighted by atomic mass is 16.5. The lowest BCUT2D eigenvalue weighted by Gasteiger charge is -2.46. The molecule has 1 saturated carbocycles. The Morgan fingerprint density at radius 3 is 2.82 bits per heavy atom. The molecule has 0 unspecified atom stereocenters. The Bertz CT molecular complexity index is 233. The quantitative estimate of drug-likeness (QED) is 0.478. The molecule has 3 nitrogen and oxygen atoms in total. The number of carbonyl (C=O) groups is 2. The number of hydrogen-bond acceptors (Lipinski definition) is 3. The maximum Gasteiger partial charge on any atom is 0.310 e. The summed E-state index contributed by atoms with van der Waals surface area (Å²) in [6.45, 7) is 2.28. The third kappa shape index (κ3) is 0.682. The van der Waals surface area contributed by atoms with E-state index in [-0.39, 0.29) is 23.1 Å². The second kappa shape index (κ2) is 1.84. The van der Waals surface area contributed by atoms with Crippen molar-refractivity contribution in [2.75, 3.05) is 6.61 Å². The molecule has 0 aromatic carbocycles. The molecule has 2 atom stereocenters. The van der Waals surface area contributed by atoms with Crippen LogP contribution in [0, 0.1) is 11.3 Å². The number of Topliss-reactive ketones (excluding diaryl/α,β-unsaturated/α-hetero) is 1. The Morgan fingerprint density at radius 1 is 1.55 bits per heavy atom. The van der Waals surface area contributed by atoms with E-state index in [9.17, 15) is 9.59 Å². The average molecular weight is 154 g/mol. The lowest BCUT2D eigenvalue weighted by atomic mass is 9.58. The van der Waals surface area contributed by atoms with Crippen LogP contribution in [0.15, 0.2) is 0 Å². The van der Waals surface area contributed by atoms with E-state index in [0.717, 1.165) is 0 Å². The molecule has 0 radical (unpaired) electrons. The molecular weight excluding hydrogens is 144 g/mol. The zero-order chi connectivity index (χ0) is 8.06. The molecule has 3 heteroatoms. The first-order valence-electron chi connectivity index (χ1n) is 3.84. The highest BCUT2D eigenvalue weighted by molar-refractivity contribution is 6.00. The molecule has 2 fully saturated rings. The number of carbonyl (C=O) groups excluding carboxylic acids is 2. The number of esters is 1. The Hall–Kier alpha value is -0.860. The molecule has 60 valence electrons. The number of fused-ring (bicyclic) bond motifs is 1. The van der Waals surface area contributed by atoms with Gasteiger partial charge in [-0.1, -0.05) is 6.92 Å². The van der Waals surface area contributed by atoms with Crippen molar-refractivity contribution in [3.63, 3.8) is 0 Å². The lowest BCUT2D eigenvalue weighted by Crippen LogP contribution is -2.55. The van der Waals surface area contributed by atoms with Crippen molar-refractivity contribution in [2.24, 2.45) is 11.3 Å². The van der Waals surface area contributed by atoms with Gasteiger partial charge in [-0.05, 0) is 6.42 Å². The first-order chi connectivity index (χ1) is 5.14. The van der Waals surface area contributed by atoms with E-state index in [1.165, 1.54) is 0 Å². The van der Waals surface area contributed by atoms with Gasteiger partial charge >= 0.3 is 5.97 Å². The maximum absolute atomic E-state index is 11.1. The van der Waals surface area contributed by atoms with E-state index >= 15 is 0 Å². The molecule has 2 aliphatic rings. The van der Waals surface area contributed by atoms with Gasteiger partial charge in [-0.15, -0.1) is 0 Å². The molecule has 1 saturated heterocycles. The summed E-state index contributed by atoms with van der Waals surface area (Å²) in [5.41, 5.74) is -0.366. The smallest absolute Gasteiger partial charge is 0.310 e. The Balaban J connectivity index is 2.25. The standard InChI is InChI=1S/C8H10O3/c1-8-2-3-11-7(10)5(8)4-6(8)9/h5H,2-4H2,1H3/t5-,8+/m1/s1. The topological polar surface area (TPSA) is 43.4 Å². The van der Waals surface area contributed by atoms with Crippen molar-refractivity contribution in [3.8, 4) is 0 Å². The van der Waals surface area contributed by atoms with E-state index in [4.69, 9.17) is 4.74 Å². The minimum absolute atomic E-state index is 0.135. The van der Waals surface area contributed by atoms with Gasteiger partial charge in [-0.3, -0.25) is 9.59 Å². The summed E-state index contributed by atoms with van der Waals surface area (Å²) in [6.07, 6.45) is 1.11. The van der Waals surface area contributed by atoms with Gasteiger partial charge < -0.3 is 4.74 Å². The third-order valence-corrected chi connectivity index (χ3v) is 2.95. The van der Waals surface area contributed by atoms with Gasteiger partial charge in [0.25, 0.3) is 0 Å². The van der Waals surface area contributed by atoms with Crippen molar-refractivity contribution in [1.82, 2.24) is 0 Å². The zero-order valence-electron chi connectivity index (χ0n) is 6.42. The third-order valence-electron chi connectivity index (χ3n) is 2.95. The van der Waals surface area contributed by atoms with Crippen LogP contribution in [0.4, 0.5) is 0 Å². The monoisotopic (exact) mass is 154 g/mol. The molecule has 0 spiro atoms. The van der Waals surface area contributed by atoms with Crippen molar-refractivity contribution in [2.45, 2.75) is 19.8 Å². The second-order valence-electron chi connectivity index (χ2n) is 3.51. The molecule has 1 aliphatic carbocycles. The summed E-state index contributed by atoms with van der Waals surface area (Å²) in [4.78, 5) is 22.2. The zero-order valence-corrected chi connectivity index (χ0v) is 6.42. The van der Waals surface area contributed by atoms with Gasteiger partial charge in [0.2, 0.25) is 0 Å². The maximum atomic E-state index is 11.1. The fourth-order valence-corrected chi connectivity index (χ4v) is 1.83. The van der Waals surface area contributed by atoms with Gasteiger partial charge in [0, 0.05) is 11.8 Å². The summed E-state index contributed by atoms with van der Waals surface area (Å²) in [6, 6.07) is 0. The number of hydrogen-bond donors (Lipinski definition) is 0. The molecule has 11 heavy (non-hydrogen) atoms.